The molecule has 0 unspecified atom stereocenters. The number of hydrogen-bond donors (Lipinski definition) is 1. The van der Waals surface area contributed by atoms with Gasteiger partial charge in [0.05, 0.1) is 17.5 Å². The highest BCUT2D eigenvalue weighted by atomic mass is 35.5. The van der Waals surface area contributed by atoms with Crippen molar-refractivity contribution in [2.75, 3.05) is 24.4 Å². The number of carbonyl (C=O) groups is 1. The third-order valence-electron chi connectivity index (χ3n) is 7.02. The van der Waals surface area contributed by atoms with Gasteiger partial charge in [-0.25, -0.2) is 0 Å². The second-order valence-corrected chi connectivity index (χ2v) is 12.2. The van der Waals surface area contributed by atoms with E-state index in [1.807, 2.05) is 42.1 Å². The summed E-state index contributed by atoms with van der Waals surface area (Å²) in [6, 6.07) is 13.2. The summed E-state index contributed by atoms with van der Waals surface area (Å²) in [5.41, 5.74) is 1.86. The zero-order valence-electron chi connectivity index (χ0n) is 24.4. The second kappa shape index (κ2) is 18.9. The molecule has 1 N–H and O–H groups in total. The number of nitrogens with one attached hydrogen (secondary N) is 1. The van der Waals surface area contributed by atoms with Crippen LogP contribution >= 0.6 is 23.4 Å². The molecule has 2 aromatic carbocycles. The van der Waals surface area contributed by atoms with E-state index in [0.717, 1.165) is 35.8 Å². The number of halogens is 1. The van der Waals surface area contributed by atoms with Crippen molar-refractivity contribution in [1.82, 2.24) is 4.90 Å². The Morgan fingerprint density at radius 2 is 1.60 bits per heavy atom. The molecule has 3 rings (SSSR count). The van der Waals surface area contributed by atoms with Gasteiger partial charge >= 0.3 is 0 Å². The molecular weight excluding hydrogens is 540 g/mol. The number of unbranched alkanes of at least 4 members (excludes halogenated alkanes) is 11. The van der Waals surface area contributed by atoms with Gasteiger partial charge in [-0.15, -0.1) is 11.8 Å². The molecule has 220 valence electrons. The summed E-state index contributed by atoms with van der Waals surface area (Å²) in [5, 5.41) is 3.42. The van der Waals surface area contributed by atoms with Gasteiger partial charge in [0.25, 0.3) is 5.91 Å². The van der Waals surface area contributed by atoms with Crippen LogP contribution in [-0.4, -0.2) is 29.9 Å². The van der Waals surface area contributed by atoms with Crippen LogP contribution in [0.5, 0.6) is 11.5 Å². The number of nitrogens with zero attached hydrogens (tertiary/aromatic N) is 1. The number of amides is 1. The summed E-state index contributed by atoms with van der Waals surface area (Å²) in [4.78, 5) is 16.2. The molecule has 1 aliphatic rings. The third kappa shape index (κ3) is 12.5. The lowest BCUT2D eigenvalue weighted by molar-refractivity contribution is -0.118. The first-order valence-corrected chi connectivity index (χ1v) is 16.4. The molecular formula is C33H47ClN2O3S. The van der Waals surface area contributed by atoms with E-state index in [0.29, 0.717) is 17.4 Å². The van der Waals surface area contributed by atoms with Crippen LogP contribution in [0.25, 0.3) is 0 Å². The van der Waals surface area contributed by atoms with Crippen LogP contribution in [0, 0.1) is 0 Å². The van der Waals surface area contributed by atoms with Crippen molar-refractivity contribution < 1.29 is 14.3 Å². The zero-order valence-corrected chi connectivity index (χ0v) is 26.0. The maximum Gasteiger partial charge on any atom is 0.262 e. The smallest absolute Gasteiger partial charge is 0.262 e. The van der Waals surface area contributed by atoms with E-state index in [-0.39, 0.29) is 12.5 Å². The molecule has 0 spiro atoms. The van der Waals surface area contributed by atoms with Gasteiger partial charge < -0.3 is 19.7 Å². The van der Waals surface area contributed by atoms with Crippen LogP contribution in [0.15, 0.2) is 53.6 Å². The summed E-state index contributed by atoms with van der Waals surface area (Å²) in [6.45, 7) is 5.69. The molecule has 0 radical (unpaired) electrons. The van der Waals surface area contributed by atoms with E-state index in [1.54, 1.807) is 12.1 Å². The molecule has 5 nitrogen and oxygen atoms in total. The molecule has 0 bridgehead atoms. The van der Waals surface area contributed by atoms with Crippen LogP contribution in [0.4, 0.5) is 5.69 Å². The lowest BCUT2D eigenvalue weighted by atomic mass is 10.1. The number of ether oxygens (including phenoxy) is 2. The van der Waals surface area contributed by atoms with Crippen molar-refractivity contribution in [1.29, 1.82) is 0 Å². The van der Waals surface area contributed by atoms with Gasteiger partial charge in [0.2, 0.25) is 0 Å². The van der Waals surface area contributed by atoms with Gasteiger partial charge in [-0.1, -0.05) is 107 Å². The minimum Gasteiger partial charge on any atom is -0.494 e. The van der Waals surface area contributed by atoms with E-state index < -0.39 is 0 Å². The molecule has 1 amide bonds. The molecule has 0 aromatic heterocycles. The Bertz CT molecular complexity index is 1060. The maximum atomic E-state index is 12.6. The Kier molecular flexibility index (Phi) is 15.2. The highest BCUT2D eigenvalue weighted by Crippen LogP contribution is 2.30. The second-order valence-electron chi connectivity index (χ2n) is 10.6. The lowest BCUT2D eigenvalue weighted by Gasteiger charge is -2.18. The Morgan fingerprint density at radius 3 is 2.25 bits per heavy atom. The Labute approximate surface area is 251 Å². The van der Waals surface area contributed by atoms with Gasteiger partial charge in [-0.05, 0) is 42.0 Å². The Morgan fingerprint density at radius 1 is 0.925 bits per heavy atom. The molecule has 0 fully saturated rings. The predicted octanol–water partition coefficient (Wildman–Crippen LogP) is 9.80. The van der Waals surface area contributed by atoms with Crippen molar-refractivity contribution >= 4 is 35.0 Å². The normalized spacial score (nSPS) is 12.9. The highest BCUT2D eigenvalue weighted by molar-refractivity contribution is 8.03. The zero-order chi connectivity index (χ0) is 28.4. The van der Waals surface area contributed by atoms with Crippen LogP contribution < -0.4 is 14.8 Å². The van der Waals surface area contributed by atoms with Gasteiger partial charge in [-0.3, -0.25) is 4.79 Å². The van der Waals surface area contributed by atoms with Gasteiger partial charge in [0, 0.05) is 24.5 Å². The number of para-hydroxylation sites is 1. The van der Waals surface area contributed by atoms with Gasteiger partial charge in [0.1, 0.15) is 11.5 Å². The first-order chi connectivity index (χ1) is 19.5. The molecule has 7 heteroatoms. The fraction of sp³-hybridized carbons (Fsp3) is 0.545. The average molecular weight is 587 g/mol. The number of allylic oxidation sites excluding steroid dienone is 1. The average Bonchev–Trinajstić information content (AvgIpc) is 3.36. The first-order valence-electron chi connectivity index (χ1n) is 15.0. The number of benzene rings is 2. The molecule has 0 saturated carbocycles. The molecule has 0 atom stereocenters. The molecule has 2 aromatic rings. The van der Waals surface area contributed by atoms with Crippen molar-refractivity contribution in [3.8, 4) is 11.5 Å². The minimum absolute atomic E-state index is 0.119. The van der Waals surface area contributed by atoms with E-state index in [4.69, 9.17) is 21.1 Å². The van der Waals surface area contributed by atoms with Crippen LogP contribution in [0.1, 0.15) is 96.5 Å². The fourth-order valence-electron chi connectivity index (χ4n) is 4.76. The molecule has 0 saturated heterocycles. The van der Waals surface area contributed by atoms with Crippen LogP contribution in [0.2, 0.25) is 5.02 Å². The number of anilines is 1. The number of rotatable bonds is 20. The number of thioether (sulfide) groups is 1. The molecule has 1 aliphatic heterocycles. The van der Waals surface area contributed by atoms with Gasteiger partial charge in [-0.2, -0.15) is 0 Å². The summed E-state index contributed by atoms with van der Waals surface area (Å²) in [5.74, 6) is 1.90. The Balaban J connectivity index is 1.29. The van der Waals surface area contributed by atoms with Crippen LogP contribution in [-0.2, 0) is 11.3 Å². The largest absolute Gasteiger partial charge is 0.494 e. The maximum absolute atomic E-state index is 12.6. The van der Waals surface area contributed by atoms with Crippen molar-refractivity contribution in [2.45, 2.75) is 97.4 Å². The van der Waals surface area contributed by atoms with Crippen LogP contribution in [0.3, 0.4) is 0 Å². The minimum atomic E-state index is -0.224. The third-order valence-corrected chi connectivity index (χ3v) is 8.33. The summed E-state index contributed by atoms with van der Waals surface area (Å²) >= 11 is 8.24. The van der Waals surface area contributed by atoms with Crippen molar-refractivity contribution in [3.63, 3.8) is 0 Å². The van der Waals surface area contributed by atoms with E-state index in [2.05, 4.69) is 30.3 Å². The summed E-state index contributed by atoms with van der Waals surface area (Å²) in [6.07, 6.45) is 18.0. The quantitative estimate of drug-likeness (QED) is 0.156. The van der Waals surface area contributed by atoms with E-state index >= 15 is 0 Å². The van der Waals surface area contributed by atoms with Gasteiger partial charge in [0.15, 0.2) is 6.61 Å². The Hall–Kier alpha value is -2.31. The predicted molar refractivity (Wildman–Crippen MR) is 170 cm³/mol. The topological polar surface area (TPSA) is 50.8 Å². The molecule has 40 heavy (non-hydrogen) atoms. The summed E-state index contributed by atoms with van der Waals surface area (Å²) < 4.78 is 11.6. The fourth-order valence-corrected chi connectivity index (χ4v) is 5.74. The monoisotopic (exact) mass is 586 g/mol. The highest BCUT2D eigenvalue weighted by Gasteiger charge is 2.14. The lowest BCUT2D eigenvalue weighted by Crippen LogP contribution is -2.22. The molecule has 1 heterocycles. The molecule has 0 aliphatic carbocycles. The van der Waals surface area contributed by atoms with Crippen molar-refractivity contribution in [3.05, 3.63) is 64.2 Å². The standard InChI is InChI=1S/C33H47ClN2O3S/c1-3-4-5-6-7-8-9-10-11-12-13-16-21-38-29-19-20-32(30(34)22-29)39-25-33(37)35-31-18-15-14-17-28(31)24-36-23-27(2)40-26-36/h14-15,17-20,22-23H,3-13,16,21,24-26H2,1-2H3,(H,35,37). The van der Waals surface area contributed by atoms with E-state index in [1.165, 1.54) is 75.5 Å². The van der Waals surface area contributed by atoms with E-state index in [9.17, 15) is 4.79 Å². The van der Waals surface area contributed by atoms with Crippen molar-refractivity contribution in [2.24, 2.45) is 0 Å². The summed E-state index contributed by atoms with van der Waals surface area (Å²) in [7, 11) is 0. The first kappa shape index (κ1) is 32.2. The number of carbonyl (C=O) groups excluding carboxylic acids is 1. The number of hydrogen-bond acceptors (Lipinski definition) is 5. The SMILES string of the molecule is CCCCCCCCCCCCCCOc1ccc(OCC(=O)Nc2ccccc2CN2C=C(C)SC2)c(Cl)c1.